The van der Waals surface area contributed by atoms with Gasteiger partial charge in [0, 0.05) is 6.54 Å². The summed E-state index contributed by atoms with van der Waals surface area (Å²) in [5.74, 6) is 1.08. The summed E-state index contributed by atoms with van der Waals surface area (Å²) >= 11 is 0. The van der Waals surface area contributed by atoms with E-state index < -0.39 is 0 Å². The van der Waals surface area contributed by atoms with E-state index in [1.807, 2.05) is 0 Å². The number of aliphatic imine (C=N–C) groups is 1. The van der Waals surface area contributed by atoms with Crippen molar-refractivity contribution in [1.29, 1.82) is 0 Å². The second kappa shape index (κ2) is 6.91. The molecule has 0 atom stereocenters. The highest BCUT2D eigenvalue weighted by Gasteiger charge is 1.93. The van der Waals surface area contributed by atoms with E-state index in [1.165, 1.54) is 13.5 Å². The number of nitrogens with zero attached hydrogens (tertiary/aromatic N) is 1. The van der Waals surface area contributed by atoms with Crippen molar-refractivity contribution >= 4 is 5.96 Å². The van der Waals surface area contributed by atoms with E-state index in [2.05, 4.69) is 29.2 Å². The Bertz CT molecular complexity index is 134. The Morgan fingerprint density at radius 3 is 2.75 bits per heavy atom. The SMILES string of the molecule is CONC(N)=NCCCC(C)C. The quantitative estimate of drug-likeness (QED) is 0.281. The molecule has 4 heteroatoms. The zero-order valence-corrected chi connectivity index (χ0v) is 8.13. The molecule has 0 heterocycles. The standard InChI is InChI=1S/C8H19N3O/c1-7(2)5-4-6-10-8(9)11-12-3/h7H,4-6H2,1-3H3,(H3,9,10,11). The summed E-state index contributed by atoms with van der Waals surface area (Å²) in [4.78, 5) is 8.62. The number of hydroxylamine groups is 1. The van der Waals surface area contributed by atoms with E-state index in [0.717, 1.165) is 18.9 Å². The highest BCUT2D eigenvalue weighted by Crippen LogP contribution is 2.02. The molecule has 0 saturated carbocycles. The molecule has 0 amide bonds. The Morgan fingerprint density at radius 2 is 2.25 bits per heavy atom. The average Bonchev–Trinajstić information content (AvgIpc) is 1.98. The second-order valence-electron chi connectivity index (χ2n) is 3.11. The molecule has 0 aromatic heterocycles. The minimum Gasteiger partial charge on any atom is -0.368 e. The average molecular weight is 173 g/mol. The van der Waals surface area contributed by atoms with Crippen molar-refractivity contribution in [2.24, 2.45) is 16.6 Å². The van der Waals surface area contributed by atoms with Gasteiger partial charge in [-0.15, -0.1) is 0 Å². The molecule has 0 aromatic rings. The monoisotopic (exact) mass is 173 g/mol. The molecule has 4 nitrogen and oxygen atoms in total. The molecule has 0 fully saturated rings. The summed E-state index contributed by atoms with van der Waals surface area (Å²) in [6, 6.07) is 0. The second-order valence-corrected chi connectivity index (χ2v) is 3.11. The Morgan fingerprint density at radius 1 is 1.58 bits per heavy atom. The lowest BCUT2D eigenvalue weighted by Crippen LogP contribution is -2.30. The van der Waals surface area contributed by atoms with Gasteiger partial charge in [-0.25, -0.2) is 5.48 Å². The van der Waals surface area contributed by atoms with E-state index in [9.17, 15) is 0 Å². The van der Waals surface area contributed by atoms with Crippen molar-refractivity contribution in [2.75, 3.05) is 13.7 Å². The minimum absolute atomic E-state index is 0.348. The lowest BCUT2D eigenvalue weighted by Gasteiger charge is -2.03. The van der Waals surface area contributed by atoms with Crippen LogP contribution < -0.4 is 11.2 Å². The van der Waals surface area contributed by atoms with Crippen molar-refractivity contribution in [3.05, 3.63) is 0 Å². The van der Waals surface area contributed by atoms with Crippen molar-refractivity contribution in [3.8, 4) is 0 Å². The summed E-state index contributed by atoms with van der Waals surface area (Å²) in [5, 5.41) is 0. The predicted molar refractivity (Wildman–Crippen MR) is 50.7 cm³/mol. The number of guanidine groups is 1. The zero-order chi connectivity index (χ0) is 9.40. The van der Waals surface area contributed by atoms with E-state index in [4.69, 9.17) is 5.73 Å². The fourth-order valence-corrected chi connectivity index (χ4v) is 0.836. The summed E-state index contributed by atoms with van der Waals surface area (Å²) < 4.78 is 0. The van der Waals surface area contributed by atoms with E-state index >= 15 is 0 Å². The number of hydrogen-bond donors (Lipinski definition) is 2. The van der Waals surface area contributed by atoms with Crippen LogP contribution in [0.5, 0.6) is 0 Å². The molecule has 0 bridgehead atoms. The first-order valence-corrected chi connectivity index (χ1v) is 4.25. The van der Waals surface area contributed by atoms with Crippen LogP contribution in [0.1, 0.15) is 26.7 Å². The summed E-state index contributed by atoms with van der Waals surface area (Å²) in [6.45, 7) is 5.15. The Kier molecular flexibility index (Phi) is 6.47. The lowest BCUT2D eigenvalue weighted by molar-refractivity contribution is 0.143. The third-order valence-corrected chi connectivity index (χ3v) is 1.43. The number of nitrogens with two attached hydrogens (primary N) is 1. The van der Waals surface area contributed by atoms with Crippen LogP contribution >= 0.6 is 0 Å². The van der Waals surface area contributed by atoms with Crippen molar-refractivity contribution in [2.45, 2.75) is 26.7 Å². The molecule has 0 radical (unpaired) electrons. The summed E-state index contributed by atoms with van der Waals surface area (Å²) in [6.07, 6.45) is 2.26. The van der Waals surface area contributed by atoms with Gasteiger partial charge in [-0.05, 0) is 18.8 Å². The molecular formula is C8H19N3O. The van der Waals surface area contributed by atoms with Crippen molar-refractivity contribution < 1.29 is 4.84 Å². The first kappa shape index (κ1) is 11.2. The van der Waals surface area contributed by atoms with Gasteiger partial charge in [0.2, 0.25) is 5.96 Å². The predicted octanol–water partition coefficient (Wildman–Crippen LogP) is 0.888. The molecule has 0 rings (SSSR count). The maximum absolute atomic E-state index is 5.41. The topological polar surface area (TPSA) is 59.6 Å². The van der Waals surface area contributed by atoms with Crippen LogP contribution in [0.3, 0.4) is 0 Å². The fourth-order valence-electron chi connectivity index (χ4n) is 0.836. The van der Waals surface area contributed by atoms with Crippen molar-refractivity contribution in [3.63, 3.8) is 0 Å². The molecule has 0 aliphatic heterocycles. The Balaban J connectivity index is 3.33. The molecule has 0 aromatic carbocycles. The van der Waals surface area contributed by atoms with Gasteiger partial charge in [-0.2, -0.15) is 0 Å². The van der Waals surface area contributed by atoms with Crippen molar-refractivity contribution in [1.82, 2.24) is 5.48 Å². The van der Waals surface area contributed by atoms with Gasteiger partial charge in [0.15, 0.2) is 0 Å². The molecule has 72 valence electrons. The molecule has 0 saturated heterocycles. The maximum atomic E-state index is 5.41. The maximum Gasteiger partial charge on any atom is 0.213 e. The van der Waals surface area contributed by atoms with Gasteiger partial charge in [-0.1, -0.05) is 13.8 Å². The van der Waals surface area contributed by atoms with Gasteiger partial charge in [0.05, 0.1) is 7.11 Å². The van der Waals surface area contributed by atoms with Crippen LogP contribution in [0.15, 0.2) is 4.99 Å². The fraction of sp³-hybridized carbons (Fsp3) is 0.875. The van der Waals surface area contributed by atoms with Gasteiger partial charge >= 0.3 is 0 Å². The van der Waals surface area contributed by atoms with Crippen LogP contribution in [-0.2, 0) is 4.84 Å². The first-order valence-electron chi connectivity index (χ1n) is 4.25. The molecule has 12 heavy (non-hydrogen) atoms. The Labute approximate surface area is 74.1 Å². The van der Waals surface area contributed by atoms with Gasteiger partial charge in [0.1, 0.15) is 0 Å². The third-order valence-electron chi connectivity index (χ3n) is 1.43. The summed E-state index contributed by atoms with van der Waals surface area (Å²) in [5.41, 5.74) is 7.88. The molecule has 0 spiro atoms. The minimum atomic E-state index is 0.348. The van der Waals surface area contributed by atoms with E-state index in [0.29, 0.717) is 5.96 Å². The summed E-state index contributed by atoms with van der Waals surface area (Å²) in [7, 11) is 1.51. The van der Waals surface area contributed by atoms with Gasteiger partial charge < -0.3 is 5.73 Å². The lowest BCUT2D eigenvalue weighted by atomic mass is 10.1. The van der Waals surface area contributed by atoms with Crippen LogP contribution in [-0.4, -0.2) is 19.6 Å². The molecule has 0 aliphatic rings. The van der Waals surface area contributed by atoms with Gasteiger partial charge in [-0.3, -0.25) is 9.83 Å². The smallest absolute Gasteiger partial charge is 0.213 e. The molecule has 3 N–H and O–H groups in total. The molecular weight excluding hydrogens is 154 g/mol. The normalized spacial score (nSPS) is 12.2. The van der Waals surface area contributed by atoms with Crippen LogP contribution in [0.25, 0.3) is 0 Å². The largest absolute Gasteiger partial charge is 0.368 e. The first-order chi connectivity index (χ1) is 5.66. The number of nitrogens with one attached hydrogen (secondary N) is 1. The third kappa shape index (κ3) is 7.34. The van der Waals surface area contributed by atoms with Crippen LogP contribution in [0, 0.1) is 5.92 Å². The highest BCUT2D eigenvalue weighted by atomic mass is 16.6. The van der Waals surface area contributed by atoms with E-state index in [1.54, 1.807) is 0 Å². The van der Waals surface area contributed by atoms with Crippen LogP contribution in [0.4, 0.5) is 0 Å². The zero-order valence-electron chi connectivity index (χ0n) is 8.13. The number of rotatable bonds is 5. The van der Waals surface area contributed by atoms with E-state index in [-0.39, 0.29) is 0 Å². The Hall–Kier alpha value is -0.770. The molecule has 0 unspecified atom stereocenters. The van der Waals surface area contributed by atoms with Gasteiger partial charge in [0.25, 0.3) is 0 Å². The highest BCUT2D eigenvalue weighted by molar-refractivity contribution is 5.76. The van der Waals surface area contributed by atoms with Crippen LogP contribution in [0.2, 0.25) is 0 Å². The molecule has 0 aliphatic carbocycles. The number of hydrogen-bond acceptors (Lipinski definition) is 2.